The fraction of sp³-hybridized carbons (Fsp3) is 0.261. The monoisotopic (exact) mass is 440 g/mol. The Morgan fingerprint density at radius 1 is 1.03 bits per heavy atom. The van der Waals surface area contributed by atoms with E-state index in [0.29, 0.717) is 27.9 Å². The molecule has 0 aliphatic carbocycles. The van der Waals surface area contributed by atoms with Gasteiger partial charge in [0.1, 0.15) is 6.61 Å². The molecule has 8 heteroatoms. The molecule has 2 aromatic carbocycles. The van der Waals surface area contributed by atoms with Crippen LogP contribution in [0.25, 0.3) is 0 Å². The van der Waals surface area contributed by atoms with Crippen molar-refractivity contribution >= 4 is 34.0 Å². The van der Waals surface area contributed by atoms with Gasteiger partial charge >= 0.3 is 5.97 Å². The van der Waals surface area contributed by atoms with E-state index in [0.717, 1.165) is 12.1 Å². The van der Waals surface area contributed by atoms with Gasteiger partial charge in [-0.1, -0.05) is 19.1 Å². The van der Waals surface area contributed by atoms with Gasteiger partial charge in [0.15, 0.2) is 16.6 Å². The fourth-order valence-electron chi connectivity index (χ4n) is 2.96. The highest BCUT2D eigenvalue weighted by atomic mass is 32.1. The summed E-state index contributed by atoms with van der Waals surface area (Å²) >= 11 is 1.32. The average Bonchev–Trinajstić information content (AvgIpc) is 3.25. The third kappa shape index (κ3) is 5.21. The lowest BCUT2D eigenvalue weighted by Gasteiger charge is -2.18. The Labute approximate surface area is 185 Å². The predicted molar refractivity (Wildman–Crippen MR) is 119 cm³/mol. The quantitative estimate of drug-likeness (QED) is 0.470. The maximum atomic E-state index is 12.4. The van der Waals surface area contributed by atoms with E-state index < -0.39 is 5.97 Å². The van der Waals surface area contributed by atoms with E-state index in [1.165, 1.54) is 38.0 Å². The molecular formula is C23H24N2O5S. The molecule has 1 heterocycles. The van der Waals surface area contributed by atoms with E-state index in [9.17, 15) is 9.59 Å². The first-order chi connectivity index (χ1) is 15.0. The Morgan fingerprint density at radius 2 is 1.74 bits per heavy atom. The number of benzene rings is 2. The van der Waals surface area contributed by atoms with Crippen molar-refractivity contribution < 1.29 is 23.8 Å². The van der Waals surface area contributed by atoms with E-state index in [4.69, 9.17) is 14.2 Å². The summed E-state index contributed by atoms with van der Waals surface area (Å²) in [6.07, 6.45) is 0.924. The number of carbonyl (C=O) groups is 2. The highest BCUT2D eigenvalue weighted by Crippen LogP contribution is 2.30. The van der Waals surface area contributed by atoms with Gasteiger partial charge in [-0.05, 0) is 42.3 Å². The van der Waals surface area contributed by atoms with Crippen LogP contribution in [0.4, 0.5) is 10.8 Å². The van der Waals surface area contributed by atoms with E-state index in [1.807, 2.05) is 24.3 Å². The number of anilines is 2. The number of esters is 1. The molecule has 0 saturated carbocycles. The number of ether oxygens (including phenoxy) is 3. The maximum absolute atomic E-state index is 12.4. The van der Waals surface area contributed by atoms with Crippen molar-refractivity contribution in [1.82, 2.24) is 4.98 Å². The van der Waals surface area contributed by atoms with Crippen molar-refractivity contribution in [3.8, 4) is 11.5 Å². The summed E-state index contributed by atoms with van der Waals surface area (Å²) in [6.45, 7) is 3.56. The second-order valence-corrected chi connectivity index (χ2v) is 7.48. The number of aromatic nitrogens is 1. The number of amides is 1. The lowest BCUT2D eigenvalue weighted by molar-refractivity contribution is -0.115. The number of thiazole rings is 1. The summed E-state index contributed by atoms with van der Waals surface area (Å²) < 4.78 is 15.8. The Bertz CT molecular complexity index is 1060. The molecule has 162 valence electrons. The molecule has 0 N–H and O–H groups in total. The van der Waals surface area contributed by atoms with E-state index >= 15 is 0 Å². The Balaban J connectivity index is 1.71. The molecular weight excluding hydrogens is 416 g/mol. The van der Waals surface area contributed by atoms with Crippen molar-refractivity contribution in [2.45, 2.75) is 26.9 Å². The molecule has 3 aromatic rings. The molecule has 1 aromatic heterocycles. The first-order valence-electron chi connectivity index (χ1n) is 9.70. The molecule has 0 radical (unpaired) electrons. The zero-order chi connectivity index (χ0) is 22.4. The fourth-order valence-corrected chi connectivity index (χ4v) is 3.83. The summed E-state index contributed by atoms with van der Waals surface area (Å²) in [4.78, 5) is 30.7. The van der Waals surface area contributed by atoms with Gasteiger partial charge in [0.2, 0.25) is 5.91 Å². The molecule has 0 bridgehead atoms. The molecule has 7 nitrogen and oxygen atoms in total. The van der Waals surface area contributed by atoms with E-state index in [2.05, 4.69) is 11.9 Å². The van der Waals surface area contributed by atoms with Crippen molar-refractivity contribution in [3.63, 3.8) is 0 Å². The minimum atomic E-state index is -0.505. The number of hydrogen-bond acceptors (Lipinski definition) is 7. The van der Waals surface area contributed by atoms with Crippen LogP contribution < -0.4 is 14.4 Å². The molecule has 0 aliphatic heterocycles. The highest BCUT2D eigenvalue weighted by molar-refractivity contribution is 7.14. The van der Waals surface area contributed by atoms with Crippen molar-refractivity contribution in [2.75, 3.05) is 19.1 Å². The third-order valence-corrected chi connectivity index (χ3v) is 5.49. The van der Waals surface area contributed by atoms with Crippen LogP contribution in [0.3, 0.4) is 0 Å². The zero-order valence-corrected chi connectivity index (χ0v) is 18.7. The summed E-state index contributed by atoms with van der Waals surface area (Å²) in [6, 6.07) is 12.6. The van der Waals surface area contributed by atoms with Crippen molar-refractivity contribution in [1.29, 1.82) is 0 Å². The Morgan fingerprint density at radius 3 is 2.35 bits per heavy atom. The van der Waals surface area contributed by atoms with Gasteiger partial charge in [-0.3, -0.25) is 9.69 Å². The zero-order valence-electron chi connectivity index (χ0n) is 17.9. The van der Waals surface area contributed by atoms with E-state index in [1.54, 1.807) is 28.5 Å². The molecule has 0 atom stereocenters. The van der Waals surface area contributed by atoms with Gasteiger partial charge in [-0.15, -0.1) is 11.3 Å². The number of rotatable bonds is 8. The maximum Gasteiger partial charge on any atom is 0.338 e. The molecule has 0 aliphatic rings. The Kier molecular flexibility index (Phi) is 7.25. The van der Waals surface area contributed by atoms with Crippen LogP contribution in [0.5, 0.6) is 11.5 Å². The SMILES string of the molecule is CCc1ccc(N(C(C)=O)c2nc(COC(=O)c3ccc(OC)c(OC)c3)cs2)cc1. The summed E-state index contributed by atoms with van der Waals surface area (Å²) in [5.74, 6) is 0.320. The minimum Gasteiger partial charge on any atom is -0.493 e. The molecule has 0 spiro atoms. The van der Waals surface area contributed by atoms with Crippen LogP contribution >= 0.6 is 11.3 Å². The number of aryl methyl sites for hydroxylation is 1. The number of methoxy groups -OCH3 is 2. The predicted octanol–water partition coefficient (Wildman–Crippen LogP) is 4.76. The second-order valence-electron chi connectivity index (χ2n) is 6.64. The topological polar surface area (TPSA) is 78.0 Å². The van der Waals surface area contributed by atoms with Crippen LogP contribution in [-0.4, -0.2) is 31.1 Å². The Hall–Kier alpha value is -3.39. The van der Waals surface area contributed by atoms with Crippen LogP contribution in [0.2, 0.25) is 0 Å². The first kappa shape index (κ1) is 22.3. The van der Waals surface area contributed by atoms with Crippen LogP contribution in [0.1, 0.15) is 35.5 Å². The summed E-state index contributed by atoms with van der Waals surface area (Å²) in [5.41, 5.74) is 2.84. The van der Waals surface area contributed by atoms with E-state index in [-0.39, 0.29) is 12.5 Å². The van der Waals surface area contributed by atoms with Gasteiger partial charge < -0.3 is 14.2 Å². The number of hydrogen-bond donors (Lipinski definition) is 0. The molecule has 0 unspecified atom stereocenters. The largest absolute Gasteiger partial charge is 0.493 e. The van der Waals surface area contributed by atoms with Gasteiger partial charge in [0.05, 0.1) is 31.2 Å². The van der Waals surface area contributed by atoms with Crippen molar-refractivity contribution in [3.05, 3.63) is 64.7 Å². The third-order valence-electron chi connectivity index (χ3n) is 4.62. The molecule has 0 saturated heterocycles. The molecule has 1 amide bonds. The van der Waals surface area contributed by atoms with Gasteiger partial charge in [0, 0.05) is 12.3 Å². The number of nitrogens with zero attached hydrogens (tertiary/aromatic N) is 2. The highest BCUT2D eigenvalue weighted by Gasteiger charge is 2.19. The molecule has 0 fully saturated rings. The van der Waals surface area contributed by atoms with Crippen molar-refractivity contribution in [2.24, 2.45) is 0 Å². The van der Waals surface area contributed by atoms with Crippen LogP contribution in [-0.2, 0) is 22.6 Å². The van der Waals surface area contributed by atoms with Gasteiger partial charge in [-0.2, -0.15) is 0 Å². The van der Waals surface area contributed by atoms with Crippen LogP contribution in [0.15, 0.2) is 47.8 Å². The standard InChI is InChI=1S/C23H24N2O5S/c1-5-16-6-9-19(10-7-16)25(15(2)26)23-24-18(14-31-23)13-30-22(27)17-8-11-20(28-3)21(12-17)29-4/h6-12,14H,5,13H2,1-4H3. The van der Waals surface area contributed by atoms with Crippen LogP contribution in [0, 0.1) is 0 Å². The van der Waals surface area contributed by atoms with Gasteiger partial charge in [0.25, 0.3) is 0 Å². The van der Waals surface area contributed by atoms with Gasteiger partial charge in [-0.25, -0.2) is 9.78 Å². The molecule has 3 rings (SSSR count). The lowest BCUT2D eigenvalue weighted by atomic mass is 10.1. The minimum absolute atomic E-state index is 0.00973. The number of carbonyl (C=O) groups excluding carboxylic acids is 2. The molecule has 31 heavy (non-hydrogen) atoms. The second kappa shape index (κ2) is 10.1. The lowest BCUT2D eigenvalue weighted by Crippen LogP contribution is -2.22. The normalized spacial score (nSPS) is 10.5. The first-order valence-corrected chi connectivity index (χ1v) is 10.6. The summed E-state index contributed by atoms with van der Waals surface area (Å²) in [5, 5.41) is 2.29. The summed E-state index contributed by atoms with van der Waals surface area (Å²) in [7, 11) is 3.03. The average molecular weight is 441 g/mol. The smallest absolute Gasteiger partial charge is 0.338 e.